The molecule has 2 aromatic heterocycles. The summed E-state index contributed by atoms with van der Waals surface area (Å²) in [6.45, 7) is 8.45. The van der Waals surface area contributed by atoms with Crippen LogP contribution in [0.4, 0.5) is 0 Å². The second kappa shape index (κ2) is 6.58. The first-order chi connectivity index (χ1) is 12.9. The highest BCUT2D eigenvalue weighted by Crippen LogP contribution is 2.29. The first-order valence-corrected chi connectivity index (χ1v) is 9.23. The van der Waals surface area contributed by atoms with Gasteiger partial charge in [0.2, 0.25) is 5.69 Å². The molecule has 0 radical (unpaired) electrons. The fraction of sp³-hybridized carbons (Fsp3) is 0.208. The second-order valence-corrected chi connectivity index (χ2v) is 7.39. The van der Waals surface area contributed by atoms with Gasteiger partial charge in [0, 0.05) is 35.0 Å². The Bertz CT molecular complexity index is 1160. The molecule has 0 saturated carbocycles. The topological polar surface area (TPSA) is 29.7 Å². The Morgan fingerprint density at radius 1 is 0.778 bits per heavy atom. The van der Waals surface area contributed by atoms with E-state index in [0.29, 0.717) is 0 Å². The molecule has 4 rings (SSSR count). The molecule has 3 nitrogen and oxygen atoms in total. The molecule has 2 aromatic carbocycles. The van der Waals surface area contributed by atoms with Gasteiger partial charge in [0.25, 0.3) is 0 Å². The van der Waals surface area contributed by atoms with Crippen LogP contribution in [0.1, 0.15) is 22.5 Å². The summed E-state index contributed by atoms with van der Waals surface area (Å²) in [6.07, 6.45) is 5.99. The van der Waals surface area contributed by atoms with Crippen molar-refractivity contribution in [1.29, 1.82) is 0 Å². The van der Waals surface area contributed by atoms with Crippen LogP contribution in [0.5, 0.6) is 0 Å². The van der Waals surface area contributed by atoms with Crippen LogP contribution < -0.4 is 4.57 Å². The third-order valence-corrected chi connectivity index (χ3v) is 5.29. The van der Waals surface area contributed by atoms with Gasteiger partial charge in [-0.1, -0.05) is 17.7 Å². The molecular weight excluding hydrogens is 330 g/mol. The van der Waals surface area contributed by atoms with Crippen molar-refractivity contribution in [3.63, 3.8) is 0 Å². The minimum atomic E-state index is 0.791. The molecule has 4 aromatic rings. The molecule has 0 saturated heterocycles. The lowest BCUT2D eigenvalue weighted by Gasteiger charge is -2.10. The largest absolute Gasteiger partial charge is 0.241 e. The van der Waals surface area contributed by atoms with Crippen molar-refractivity contribution in [2.24, 2.45) is 7.05 Å². The zero-order valence-corrected chi connectivity index (χ0v) is 16.5. The fourth-order valence-electron chi connectivity index (χ4n) is 3.64. The summed E-state index contributed by atoms with van der Waals surface area (Å²) < 4.78 is 2.22. The molecule has 0 unspecified atom stereocenters. The van der Waals surface area contributed by atoms with E-state index in [1.807, 2.05) is 19.3 Å². The molecule has 0 aliphatic rings. The summed E-state index contributed by atoms with van der Waals surface area (Å²) in [5.41, 5.74) is 8.65. The normalized spacial score (nSPS) is 11.1. The number of pyridine rings is 1. The van der Waals surface area contributed by atoms with E-state index < -0.39 is 0 Å². The lowest BCUT2D eigenvalue weighted by Crippen LogP contribution is -2.30. The molecule has 0 aliphatic carbocycles. The predicted octanol–water partition coefficient (Wildman–Crippen LogP) is 5.02. The molecule has 0 aliphatic heterocycles. The number of fused-ring (bicyclic) bond motifs is 1. The van der Waals surface area contributed by atoms with Gasteiger partial charge in [-0.25, -0.2) is 14.5 Å². The van der Waals surface area contributed by atoms with Crippen LogP contribution in [0.3, 0.4) is 0 Å². The maximum absolute atomic E-state index is 4.33. The molecule has 0 N–H and O–H groups in total. The van der Waals surface area contributed by atoms with Gasteiger partial charge in [-0.2, -0.15) is 0 Å². The zero-order valence-electron chi connectivity index (χ0n) is 16.5. The van der Waals surface area contributed by atoms with Crippen molar-refractivity contribution in [2.75, 3.05) is 0 Å². The van der Waals surface area contributed by atoms with Crippen LogP contribution in [0.2, 0.25) is 0 Å². The van der Waals surface area contributed by atoms with Crippen LogP contribution in [0.15, 0.2) is 55.0 Å². The number of rotatable bonds is 2. The maximum atomic E-state index is 4.33. The number of hydrogen-bond donors (Lipinski definition) is 0. The van der Waals surface area contributed by atoms with E-state index in [9.17, 15) is 0 Å². The summed E-state index contributed by atoms with van der Waals surface area (Å²) >= 11 is 0. The molecule has 0 atom stereocenters. The van der Waals surface area contributed by atoms with Crippen molar-refractivity contribution < 1.29 is 4.57 Å². The monoisotopic (exact) mass is 354 g/mol. The number of benzene rings is 2. The summed E-state index contributed by atoms with van der Waals surface area (Å²) in [5.74, 6) is 0.791. The van der Waals surface area contributed by atoms with E-state index in [2.05, 4.69) is 84.9 Å². The van der Waals surface area contributed by atoms with E-state index >= 15 is 0 Å². The molecule has 2 heterocycles. The van der Waals surface area contributed by atoms with E-state index in [-0.39, 0.29) is 0 Å². The van der Waals surface area contributed by atoms with Crippen molar-refractivity contribution in [2.45, 2.75) is 27.7 Å². The minimum Gasteiger partial charge on any atom is -0.241 e. The van der Waals surface area contributed by atoms with Crippen LogP contribution in [0, 0.1) is 27.7 Å². The van der Waals surface area contributed by atoms with E-state index in [0.717, 1.165) is 17.0 Å². The van der Waals surface area contributed by atoms with Crippen molar-refractivity contribution >= 4 is 10.8 Å². The van der Waals surface area contributed by atoms with Gasteiger partial charge in [-0.05, 0) is 68.0 Å². The van der Waals surface area contributed by atoms with Gasteiger partial charge < -0.3 is 0 Å². The molecule has 0 fully saturated rings. The maximum Gasteiger partial charge on any atom is 0.213 e. The Labute approximate surface area is 160 Å². The Balaban J connectivity index is 1.90. The molecule has 3 heteroatoms. The van der Waals surface area contributed by atoms with Crippen LogP contribution in [-0.4, -0.2) is 9.97 Å². The van der Waals surface area contributed by atoms with Gasteiger partial charge in [0.15, 0.2) is 6.20 Å². The van der Waals surface area contributed by atoms with Crippen LogP contribution in [-0.2, 0) is 7.05 Å². The fourth-order valence-corrected chi connectivity index (χ4v) is 3.64. The molecule has 0 spiro atoms. The third kappa shape index (κ3) is 3.21. The van der Waals surface area contributed by atoms with Gasteiger partial charge in [-0.15, -0.1) is 0 Å². The molecular formula is C24H24N3+. The Morgan fingerprint density at radius 2 is 1.52 bits per heavy atom. The Hall–Kier alpha value is -3.07. The van der Waals surface area contributed by atoms with Gasteiger partial charge in [0.1, 0.15) is 12.9 Å². The lowest BCUT2D eigenvalue weighted by molar-refractivity contribution is -0.659. The Morgan fingerprint density at radius 3 is 2.26 bits per heavy atom. The van der Waals surface area contributed by atoms with E-state index in [1.54, 1.807) is 0 Å². The summed E-state index contributed by atoms with van der Waals surface area (Å²) in [6, 6.07) is 13.3. The van der Waals surface area contributed by atoms with Crippen LogP contribution >= 0.6 is 0 Å². The highest BCUT2D eigenvalue weighted by Gasteiger charge is 2.16. The minimum absolute atomic E-state index is 0.791. The average Bonchev–Trinajstić information content (AvgIpc) is 2.64. The smallest absolute Gasteiger partial charge is 0.213 e. The molecule has 134 valence electrons. The van der Waals surface area contributed by atoms with Crippen LogP contribution in [0.25, 0.3) is 33.2 Å². The summed E-state index contributed by atoms with van der Waals surface area (Å²) in [5, 5.41) is 2.44. The average molecular weight is 354 g/mol. The predicted molar refractivity (Wildman–Crippen MR) is 111 cm³/mol. The van der Waals surface area contributed by atoms with E-state index in [4.69, 9.17) is 0 Å². The molecule has 27 heavy (non-hydrogen) atoms. The summed E-state index contributed by atoms with van der Waals surface area (Å²) in [4.78, 5) is 8.66. The highest BCUT2D eigenvalue weighted by atomic mass is 14.9. The molecule has 0 amide bonds. The van der Waals surface area contributed by atoms with Gasteiger partial charge >= 0.3 is 0 Å². The molecule has 0 bridgehead atoms. The number of hydrogen-bond acceptors (Lipinski definition) is 2. The first kappa shape index (κ1) is 17.3. The number of aromatic nitrogens is 3. The van der Waals surface area contributed by atoms with Crippen molar-refractivity contribution in [1.82, 2.24) is 9.97 Å². The highest BCUT2D eigenvalue weighted by molar-refractivity contribution is 5.88. The Kier molecular flexibility index (Phi) is 4.23. The number of aryl methyl sites for hydroxylation is 4. The third-order valence-electron chi connectivity index (χ3n) is 5.29. The number of nitrogens with zero attached hydrogens (tertiary/aromatic N) is 3. The first-order valence-electron chi connectivity index (χ1n) is 9.23. The van der Waals surface area contributed by atoms with E-state index in [1.165, 1.54) is 38.7 Å². The quantitative estimate of drug-likeness (QED) is 0.473. The summed E-state index contributed by atoms with van der Waals surface area (Å²) in [7, 11) is 2.12. The second-order valence-electron chi connectivity index (χ2n) is 7.39. The zero-order chi connectivity index (χ0) is 19.1. The van der Waals surface area contributed by atoms with Gasteiger partial charge in [-0.3, -0.25) is 0 Å². The van der Waals surface area contributed by atoms with Gasteiger partial charge in [0.05, 0.1) is 0 Å². The SMILES string of the molecule is Cc1cc(C)c(C)c(-c2cc3cc(-c4cnc(C)nc4)ccc3c[n+]2C)c1. The standard InChI is InChI=1S/C24H24N3/c1-15-8-16(2)17(3)23(9-15)24-11-21-10-19(6-7-20(21)14-27(24)5)22-12-25-18(4)26-13-22/h6-14H,1-5H3/q+1. The van der Waals surface area contributed by atoms with Crippen molar-refractivity contribution in [3.05, 3.63) is 77.5 Å². The lowest BCUT2D eigenvalue weighted by atomic mass is 9.96. The van der Waals surface area contributed by atoms with Crippen molar-refractivity contribution in [3.8, 4) is 22.4 Å².